The van der Waals surface area contributed by atoms with Crippen LogP contribution in [-0.4, -0.2) is 18.3 Å². The van der Waals surface area contributed by atoms with E-state index >= 15 is 0 Å². The molecule has 1 N–H and O–H groups in total. The summed E-state index contributed by atoms with van der Waals surface area (Å²) in [6, 6.07) is 4.60. The summed E-state index contributed by atoms with van der Waals surface area (Å²) in [5.74, 6) is 2.28. The molecule has 0 atom stereocenters. The maximum absolute atomic E-state index is 13.6. The molecule has 1 aromatic rings. The second kappa shape index (κ2) is 11.2. The van der Waals surface area contributed by atoms with Crippen LogP contribution in [0.5, 0.6) is 5.75 Å². The minimum atomic E-state index is -0.394. The third-order valence-electron chi connectivity index (χ3n) is 3.41. The number of ether oxygens (including phenoxy) is 1. The zero-order valence-corrected chi connectivity index (χ0v) is 12.6. The number of hydrogen-bond acceptors (Lipinski definition) is 2. The Labute approximate surface area is 127 Å². The summed E-state index contributed by atoms with van der Waals surface area (Å²) < 4.78 is 19.0. The molecular weight excluding hydrogens is 267 g/mol. The Hall–Kier alpha value is -1.53. The Bertz CT molecular complexity index is 437. The number of aliphatic hydroxyl groups is 1. The molecule has 0 aliphatic heterocycles. The van der Waals surface area contributed by atoms with Crippen LogP contribution in [0.2, 0.25) is 0 Å². The lowest BCUT2D eigenvalue weighted by Crippen LogP contribution is -1.99. The van der Waals surface area contributed by atoms with Crippen LogP contribution in [0.3, 0.4) is 0 Å². The van der Waals surface area contributed by atoms with Gasteiger partial charge < -0.3 is 9.84 Å². The zero-order chi connectivity index (χ0) is 15.3. The first-order valence-corrected chi connectivity index (χ1v) is 7.77. The Morgan fingerprint density at radius 3 is 2.19 bits per heavy atom. The SMILES string of the molecule is C#Cc1ccc(OCCCCCCCCCCO)c(F)c1. The predicted octanol–water partition coefficient (Wildman–Crippen LogP) is 4.30. The van der Waals surface area contributed by atoms with Gasteiger partial charge in [0.1, 0.15) is 0 Å². The molecule has 3 heteroatoms. The van der Waals surface area contributed by atoms with Gasteiger partial charge in [0.15, 0.2) is 11.6 Å². The fraction of sp³-hybridized carbons (Fsp3) is 0.556. The summed E-state index contributed by atoms with van der Waals surface area (Å²) >= 11 is 0. The maximum atomic E-state index is 13.6. The van der Waals surface area contributed by atoms with Crippen LogP contribution < -0.4 is 4.74 Å². The van der Waals surface area contributed by atoms with Crippen molar-refractivity contribution >= 4 is 0 Å². The molecule has 0 bridgehead atoms. The van der Waals surface area contributed by atoms with Crippen LogP contribution in [0, 0.1) is 18.2 Å². The Kier molecular flexibility index (Phi) is 9.32. The summed E-state index contributed by atoms with van der Waals surface area (Å²) in [7, 11) is 0. The lowest BCUT2D eigenvalue weighted by atomic mass is 10.1. The average Bonchev–Trinajstić information content (AvgIpc) is 2.50. The van der Waals surface area contributed by atoms with E-state index in [9.17, 15) is 4.39 Å². The van der Waals surface area contributed by atoms with E-state index in [2.05, 4.69) is 5.92 Å². The number of terminal acetylenes is 1. The molecule has 0 aliphatic rings. The van der Waals surface area contributed by atoms with Crippen molar-refractivity contribution in [2.24, 2.45) is 0 Å². The Morgan fingerprint density at radius 2 is 1.62 bits per heavy atom. The summed E-state index contributed by atoms with van der Waals surface area (Å²) in [4.78, 5) is 0. The third-order valence-corrected chi connectivity index (χ3v) is 3.41. The first kappa shape index (κ1) is 17.5. The highest BCUT2D eigenvalue weighted by Crippen LogP contribution is 2.18. The van der Waals surface area contributed by atoms with Crippen molar-refractivity contribution in [2.75, 3.05) is 13.2 Å². The lowest BCUT2D eigenvalue weighted by molar-refractivity contribution is 0.281. The number of unbranched alkanes of at least 4 members (excludes halogenated alkanes) is 7. The Morgan fingerprint density at radius 1 is 1.00 bits per heavy atom. The van der Waals surface area contributed by atoms with Gasteiger partial charge in [-0.2, -0.15) is 0 Å². The van der Waals surface area contributed by atoms with Crippen LogP contribution >= 0.6 is 0 Å². The van der Waals surface area contributed by atoms with Gasteiger partial charge in [-0.3, -0.25) is 0 Å². The molecule has 0 fully saturated rings. The van der Waals surface area contributed by atoms with Gasteiger partial charge in [0.25, 0.3) is 0 Å². The van der Waals surface area contributed by atoms with Gasteiger partial charge in [0.2, 0.25) is 0 Å². The van der Waals surface area contributed by atoms with Crippen LogP contribution in [0.1, 0.15) is 56.9 Å². The standard InChI is InChI=1S/C18H25FO2/c1-2-16-11-12-18(17(19)15-16)21-14-10-8-6-4-3-5-7-9-13-20/h1,11-12,15,20H,3-10,13-14H2. The first-order chi connectivity index (χ1) is 10.3. The minimum Gasteiger partial charge on any atom is -0.491 e. The molecule has 2 nitrogen and oxygen atoms in total. The largest absolute Gasteiger partial charge is 0.491 e. The van der Waals surface area contributed by atoms with Crippen molar-refractivity contribution in [2.45, 2.75) is 51.4 Å². The molecule has 0 aliphatic carbocycles. The fourth-order valence-electron chi connectivity index (χ4n) is 2.16. The summed E-state index contributed by atoms with van der Waals surface area (Å²) in [6.45, 7) is 0.840. The predicted molar refractivity (Wildman–Crippen MR) is 83.9 cm³/mol. The third kappa shape index (κ3) is 7.72. The molecule has 0 saturated heterocycles. The van der Waals surface area contributed by atoms with Gasteiger partial charge in [0.05, 0.1) is 6.61 Å². The van der Waals surface area contributed by atoms with Crippen molar-refractivity contribution < 1.29 is 14.2 Å². The summed E-state index contributed by atoms with van der Waals surface area (Å²) in [6.07, 6.45) is 14.1. The van der Waals surface area contributed by atoms with Crippen molar-refractivity contribution in [1.29, 1.82) is 0 Å². The molecule has 0 radical (unpaired) electrons. The van der Waals surface area contributed by atoms with E-state index in [1.165, 1.54) is 31.7 Å². The van der Waals surface area contributed by atoms with Gasteiger partial charge in [-0.05, 0) is 31.0 Å². The second-order valence-corrected chi connectivity index (χ2v) is 5.19. The van der Waals surface area contributed by atoms with Gasteiger partial charge >= 0.3 is 0 Å². The number of aliphatic hydroxyl groups excluding tert-OH is 1. The van der Waals surface area contributed by atoms with Crippen molar-refractivity contribution in [1.82, 2.24) is 0 Å². The lowest BCUT2D eigenvalue weighted by Gasteiger charge is -2.07. The highest BCUT2D eigenvalue weighted by molar-refractivity contribution is 5.37. The van der Waals surface area contributed by atoms with E-state index in [0.29, 0.717) is 18.8 Å². The number of halogens is 1. The van der Waals surface area contributed by atoms with E-state index in [-0.39, 0.29) is 5.75 Å². The minimum absolute atomic E-state index is 0.276. The van der Waals surface area contributed by atoms with Crippen molar-refractivity contribution in [3.63, 3.8) is 0 Å². The van der Waals surface area contributed by atoms with Gasteiger partial charge in [-0.25, -0.2) is 4.39 Å². The number of rotatable bonds is 11. The van der Waals surface area contributed by atoms with Gasteiger partial charge in [-0.1, -0.05) is 44.4 Å². The van der Waals surface area contributed by atoms with E-state index in [0.717, 1.165) is 25.7 Å². The zero-order valence-electron chi connectivity index (χ0n) is 12.6. The van der Waals surface area contributed by atoms with E-state index < -0.39 is 5.82 Å². The van der Waals surface area contributed by atoms with Gasteiger partial charge in [0, 0.05) is 12.2 Å². The van der Waals surface area contributed by atoms with Crippen LogP contribution in [0.15, 0.2) is 18.2 Å². The molecule has 0 unspecified atom stereocenters. The smallest absolute Gasteiger partial charge is 0.166 e. The van der Waals surface area contributed by atoms with Crippen LogP contribution in [-0.2, 0) is 0 Å². The molecule has 0 saturated carbocycles. The van der Waals surface area contributed by atoms with Gasteiger partial charge in [-0.15, -0.1) is 6.42 Å². The fourth-order valence-corrected chi connectivity index (χ4v) is 2.16. The summed E-state index contributed by atoms with van der Waals surface area (Å²) in [5.41, 5.74) is 0.529. The molecule has 116 valence electrons. The van der Waals surface area contributed by atoms with E-state index in [1.54, 1.807) is 12.1 Å². The molecule has 21 heavy (non-hydrogen) atoms. The molecule has 0 aromatic heterocycles. The Balaban J connectivity index is 2.03. The topological polar surface area (TPSA) is 29.5 Å². The maximum Gasteiger partial charge on any atom is 0.166 e. The summed E-state index contributed by atoms with van der Waals surface area (Å²) in [5, 5.41) is 8.66. The first-order valence-electron chi connectivity index (χ1n) is 7.77. The molecule has 0 amide bonds. The van der Waals surface area contributed by atoms with Crippen molar-refractivity contribution in [3.05, 3.63) is 29.6 Å². The quantitative estimate of drug-likeness (QED) is 0.487. The van der Waals surface area contributed by atoms with Crippen LogP contribution in [0.4, 0.5) is 4.39 Å². The number of hydrogen-bond donors (Lipinski definition) is 1. The highest BCUT2D eigenvalue weighted by Gasteiger charge is 2.03. The number of benzene rings is 1. The average molecular weight is 292 g/mol. The molecule has 1 aromatic carbocycles. The normalized spacial score (nSPS) is 10.3. The van der Waals surface area contributed by atoms with Crippen molar-refractivity contribution in [3.8, 4) is 18.1 Å². The van der Waals surface area contributed by atoms with E-state index in [4.69, 9.17) is 16.3 Å². The molecular formula is C18H25FO2. The molecule has 0 spiro atoms. The van der Waals surface area contributed by atoms with Crippen LogP contribution in [0.25, 0.3) is 0 Å². The molecule has 1 rings (SSSR count). The molecule has 0 heterocycles. The highest BCUT2D eigenvalue weighted by atomic mass is 19.1. The second-order valence-electron chi connectivity index (χ2n) is 5.19. The van der Waals surface area contributed by atoms with E-state index in [1.807, 2.05) is 0 Å². The monoisotopic (exact) mass is 292 g/mol.